The first-order chi connectivity index (χ1) is 13.5. The van der Waals surface area contributed by atoms with Crippen LogP contribution in [0.2, 0.25) is 0 Å². The molecule has 1 saturated carbocycles. The number of halogens is 1. The van der Waals surface area contributed by atoms with Crippen molar-refractivity contribution < 1.29 is 24.2 Å². The van der Waals surface area contributed by atoms with E-state index >= 15 is 0 Å². The average Bonchev–Trinajstić information content (AvgIpc) is 3.38. The van der Waals surface area contributed by atoms with Crippen LogP contribution >= 0.6 is 11.3 Å². The van der Waals surface area contributed by atoms with Gasteiger partial charge in [-0.2, -0.15) is 0 Å². The van der Waals surface area contributed by atoms with Crippen molar-refractivity contribution in [1.29, 1.82) is 0 Å². The third kappa shape index (κ3) is 5.10. The van der Waals surface area contributed by atoms with E-state index in [9.17, 15) is 24.2 Å². The van der Waals surface area contributed by atoms with E-state index in [4.69, 9.17) is 0 Å². The third-order valence-electron chi connectivity index (χ3n) is 5.90. The molecule has 2 fully saturated rings. The van der Waals surface area contributed by atoms with Crippen molar-refractivity contribution >= 4 is 23.2 Å². The lowest BCUT2D eigenvalue weighted by Gasteiger charge is -2.36. The molecule has 0 radical (unpaired) electrons. The number of rotatable bonds is 7. The van der Waals surface area contributed by atoms with Crippen molar-refractivity contribution in [1.82, 2.24) is 10.2 Å². The van der Waals surface area contributed by atoms with Crippen LogP contribution in [0.4, 0.5) is 4.39 Å². The number of aliphatic hydroxyl groups is 2. The summed E-state index contributed by atoms with van der Waals surface area (Å²) < 4.78 is 13.4. The van der Waals surface area contributed by atoms with Crippen molar-refractivity contribution in [3.8, 4) is 0 Å². The van der Waals surface area contributed by atoms with Gasteiger partial charge < -0.3 is 20.4 Å². The third-order valence-corrected chi connectivity index (χ3v) is 6.84. The standard InChI is InChI=1S/C20H29FN2O4S/c21-14-7-5-13(6-8-14)16-4-1-11-23(16)20(27)18(25)17(24)19(26)22-10-9-15-3-2-12-28-15/h2-3,12-14,16-18,24-25H,1,4-11H2,(H,22,26)/t13?,14?,16-,17+,18+/m0/s1. The Hall–Kier alpha value is -1.51. The van der Waals surface area contributed by atoms with Crippen molar-refractivity contribution in [3.05, 3.63) is 22.4 Å². The maximum absolute atomic E-state index is 13.4. The molecular weight excluding hydrogens is 383 g/mol. The highest BCUT2D eigenvalue weighted by molar-refractivity contribution is 7.09. The van der Waals surface area contributed by atoms with E-state index in [0.717, 1.165) is 30.6 Å². The first-order valence-electron chi connectivity index (χ1n) is 10.1. The minimum atomic E-state index is -1.79. The Morgan fingerprint density at radius 1 is 1.21 bits per heavy atom. The predicted octanol–water partition coefficient (Wildman–Crippen LogP) is 1.65. The van der Waals surface area contributed by atoms with Gasteiger partial charge in [0.25, 0.3) is 11.8 Å². The summed E-state index contributed by atoms with van der Waals surface area (Å²) in [6.07, 6.45) is 0.443. The largest absolute Gasteiger partial charge is 0.380 e. The number of carbonyl (C=O) groups is 2. The van der Waals surface area contributed by atoms with Crippen LogP contribution in [0.1, 0.15) is 43.4 Å². The lowest BCUT2D eigenvalue weighted by molar-refractivity contribution is -0.154. The van der Waals surface area contributed by atoms with E-state index in [1.54, 1.807) is 16.2 Å². The maximum atomic E-state index is 13.4. The monoisotopic (exact) mass is 412 g/mol. The molecule has 1 aromatic rings. The smallest absolute Gasteiger partial charge is 0.254 e. The molecule has 8 heteroatoms. The summed E-state index contributed by atoms with van der Waals surface area (Å²) in [4.78, 5) is 27.6. The first-order valence-corrected chi connectivity index (χ1v) is 11.0. The van der Waals surface area contributed by atoms with Gasteiger partial charge in [0.05, 0.1) is 0 Å². The molecule has 3 atom stereocenters. The van der Waals surface area contributed by atoms with Gasteiger partial charge in [0, 0.05) is 24.0 Å². The molecule has 156 valence electrons. The fourth-order valence-corrected chi connectivity index (χ4v) is 5.05. The number of amides is 2. The molecule has 3 N–H and O–H groups in total. The zero-order valence-electron chi connectivity index (χ0n) is 15.9. The maximum Gasteiger partial charge on any atom is 0.254 e. The van der Waals surface area contributed by atoms with Gasteiger partial charge in [0.2, 0.25) is 0 Å². The van der Waals surface area contributed by atoms with Gasteiger partial charge >= 0.3 is 0 Å². The molecule has 1 aliphatic heterocycles. The summed E-state index contributed by atoms with van der Waals surface area (Å²) in [6.45, 7) is 0.832. The van der Waals surface area contributed by atoms with E-state index in [2.05, 4.69) is 5.32 Å². The summed E-state index contributed by atoms with van der Waals surface area (Å²) in [5.41, 5.74) is 0. The molecule has 0 aromatic carbocycles. The summed E-state index contributed by atoms with van der Waals surface area (Å²) in [5.74, 6) is -1.13. The first kappa shape index (κ1) is 21.2. The summed E-state index contributed by atoms with van der Waals surface area (Å²) in [6, 6.07) is 3.84. The van der Waals surface area contributed by atoms with Gasteiger partial charge in [-0.05, 0) is 62.3 Å². The molecule has 2 aliphatic rings. The van der Waals surface area contributed by atoms with E-state index in [0.29, 0.717) is 32.4 Å². The highest BCUT2D eigenvalue weighted by atomic mass is 32.1. The quantitative estimate of drug-likeness (QED) is 0.635. The average molecular weight is 413 g/mol. The van der Waals surface area contributed by atoms with Gasteiger partial charge in [-0.3, -0.25) is 9.59 Å². The summed E-state index contributed by atoms with van der Waals surface area (Å²) in [5, 5.41) is 25.0. The predicted molar refractivity (Wildman–Crippen MR) is 105 cm³/mol. The van der Waals surface area contributed by atoms with E-state index < -0.39 is 30.2 Å². The second-order valence-corrected chi connectivity index (χ2v) is 8.80. The highest BCUT2D eigenvalue weighted by Gasteiger charge is 2.41. The minimum Gasteiger partial charge on any atom is -0.380 e. The molecule has 6 nitrogen and oxygen atoms in total. The second kappa shape index (κ2) is 9.80. The Morgan fingerprint density at radius 2 is 1.96 bits per heavy atom. The van der Waals surface area contributed by atoms with Gasteiger partial charge in [0.1, 0.15) is 6.17 Å². The van der Waals surface area contributed by atoms with Crippen molar-refractivity contribution in [2.45, 2.75) is 69.4 Å². The van der Waals surface area contributed by atoms with E-state index in [-0.39, 0.29) is 12.0 Å². The van der Waals surface area contributed by atoms with Gasteiger partial charge in [-0.25, -0.2) is 4.39 Å². The summed E-state index contributed by atoms with van der Waals surface area (Å²) >= 11 is 1.58. The molecule has 1 aliphatic carbocycles. The zero-order chi connectivity index (χ0) is 20.1. The topological polar surface area (TPSA) is 89.9 Å². The molecule has 28 heavy (non-hydrogen) atoms. The lowest BCUT2D eigenvalue weighted by Crippen LogP contribution is -2.53. The molecular formula is C20H29FN2O4S. The van der Waals surface area contributed by atoms with Crippen LogP contribution in [-0.4, -0.2) is 64.4 Å². The van der Waals surface area contributed by atoms with Crippen LogP contribution in [0.15, 0.2) is 17.5 Å². The number of nitrogens with one attached hydrogen (secondary N) is 1. The van der Waals surface area contributed by atoms with Crippen molar-refractivity contribution in [2.24, 2.45) is 5.92 Å². The SMILES string of the molecule is O=C(NCCc1cccs1)[C@H](O)[C@@H](O)C(=O)N1CCC[C@H]1C1CCC(F)CC1. The zero-order valence-corrected chi connectivity index (χ0v) is 16.7. The van der Waals surface area contributed by atoms with E-state index in [1.165, 1.54) is 0 Å². The lowest BCUT2D eigenvalue weighted by atomic mass is 9.82. The Kier molecular flexibility index (Phi) is 7.42. The molecule has 0 bridgehead atoms. The number of nitrogens with zero attached hydrogens (tertiary/aromatic N) is 1. The van der Waals surface area contributed by atoms with Crippen LogP contribution in [0.5, 0.6) is 0 Å². The molecule has 0 spiro atoms. The van der Waals surface area contributed by atoms with Gasteiger partial charge in [-0.15, -0.1) is 11.3 Å². The number of thiophene rings is 1. The molecule has 3 rings (SSSR count). The molecule has 0 unspecified atom stereocenters. The van der Waals surface area contributed by atoms with Crippen LogP contribution in [0.25, 0.3) is 0 Å². The van der Waals surface area contributed by atoms with Gasteiger partial charge in [-0.1, -0.05) is 6.07 Å². The Morgan fingerprint density at radius 3 is 2.64 bits per heavy atom. The fourth-order valence-electron chi connectivity index (χ4n) is 4.34. The Labute approximate surface area is 168 Å². The second-order valence-electron chi connectivity index (χ2n) is 7.76. The number of likely N-dealkylation sites (tertiary alicyclic amines) is 1. The fraction of sp³-hybridized carbons (Fsp3) is 0.700. The number of hydrogen-bond donors (Lipinski definition) is 3. The van der Waals surface area contributed by atoms with E-state index in [1.807, 2.05) is 17.5 Å². The van der Waals surface area contributed by atoms with Crippen molar-refractivity contribution in [2.75, 3.05) is 13.1 Å². The normalized spacial score (nSPS) is 27.4. The summed E-state index contributed by atoms with van der Waals surface area (Å²) in [7, 11) is 0. The van der Waals surface area contributed by atoms with Crippen LogP contribution in [0.3, 0.4) is 0 Å². The minimum absolute atomic E-state index is 0.0382. The van der Waals surface area contributed by atoms with Crippen molar-refractivity contribution in [3.63, 3.8) is 0 Å². The highest BCUT2D eigenvalue weighted by Crippen LogP contribution is 2.35. The molecule has 1 saturated heterocycles. The number of aliphatic hydroxyl groups excluding tert-OH is 2. The molecule has 2 amide bonds. The molecule has 1 aromatic heterocycles. The van der Waals surface area contributed by atoms with Crippen LogP contribution in [0, 0.1) is 5.92 Å². The number of hydrogen-bond acceptors (Lipinski definition) is 5. The number of alkyl halides is 1. The Balaban J connectivity index is 1.50. The molecule has 2 heterocycles. The Bertz CT molecular complexity index is 649. The van der Waals surface area contributed by atoms with Crippen LogP contribution < -0.4 is 5.32 Å². The van der Waals surface area contributed by atoms with Gasteiger partial charge in [0.15, 0.2) is 12.2 Å². The van der Waals surface area contributed by atoms with Crippen LogP contribution in [-0.2, 0) is 16.0 Å². The number of carbonyl (C=O) groups excluding carboxylic acids is 2.